The van der Waals surface area contributed by atoms with Crippen molar-refractivity contribution in [3.8, 4) is 0 Å². The van der Waals surface area contributed by atoms with Crippen molar-refractivity contribution in [2.75, 3.05) is 25.2 Å². The Morgan fingerprint density at radius 3 is 2.85 bits per heavy atom. The molecule has 1 aromatic carbocycles. The highest BCUT2D eigenvalue weighted by Crippen LogP contribution is 2.42. The van der Waals surface area contributed by atoms with Crippen LogP contribution in [0.15, 0.2) is 30.3 Å². The summed E-state index contributed by atoms with van der Waals surface area (Å²) in [5.41, 5.74) is 1.36. The Morgan fingerprint density at radius 2 is 2.15 bits per heavy atom. The van der Waals surface area contributed by atoms with E-state index in [9.17, 15) is 0 Å². The third kappa shape index (κ3) is 2.55. The Bertz CT molecular complexity index is 557. The zero-order valence-electron chi connectivity index (χ0n) is 11.8. The molecule has 1 saturated heterocycles. The van der Waals surface area contributed by atoms with Crippen LogP contribution in [0.4, 0.5) is 5.13 Å². The smallest absolute Gasteiger partial charge is 0.205 e. The Balaban J connectivity index is 1.75. The molecule has 5 heteroatoms. The van der Waals surface area contributed by atoms with Crippen LogP contribution in [0.1, 0.15) is 24.4 Å². The number of benzene rings is 1. The normalized spacial score (nSPS) is 21.8. The van der Waals surface area contributed by atoms with E-state index < -0.39 is 0 Å². The van der Waals surface area contributed by atoms with Gasteiger partial charge in [0.25, 0.3) is 0 Å². The molecule has 106 valence electrons. The summed E-state index contributed by atoms with van der Waals surface area (Å²) in [7, 11) is 1.70. The second kappa shape index (κ2) is 5.89. The molecule has 0 N–H and O–H groups in total. The standard InChI is InChI=1S/C15H19N3OS/c1-11-10-18(14(11)12-6-4-3-5-7-12)15-16-13(17-20-15)8-9-19-2/h3-7,11,14H,8-10H2,1-2H3. The maximum Gasteiger partial charge on any atom is 0.205 e. The fraction of sp³-hybridized carbons (Fsp3) is 0.467. The number of ether oxygens (including phenoxy) is 1. The summed E-state index contributed by atoms with van der Waals surface area (Å²) < 4.78 is 9.49. The molecule has 0 saturated carbocycles. The molecular formula is C15H19N3OS. The van der Waals surface area contributed by atoms with Crippen molar-refractivity contribution in [3.05, 3.63) is 41.7 Å². The third-order valence-corrected chi connectivity index (χ3v) is 4.52. The van der Waals surface area contributed by atoms with E-state index in [4.69, 9.17) is 4.74 Å². The number of methoxy groups -OCH3 is 1. The number of anilines is 1. The van der Waals surface area contributed by atoms with Gasteiger partial charge in [-0.3, -0.25) is 0 Å². The zero-order valence-corrected chi connectivity index (χ0v) is 12.6. The van der Waals surface area contributed by atoms with E-state index in [2.05, 4.69) is 51.5 Å². The van der Waals surface area contributed by atoms with Crippen LogP contribution in [0.25, 0.3) is 0 Å². The predicted molar refractivity (Wildman–Crippen MR) is 81.2 cm³/mol. The molecule has 1 fully saturated rings. The van der Waals surface area contributed by atoms with E-state index in [-0.39, 0.29) is 0 Å². The average Bonchev–Trinajstić information content (AvgIpc) is 2.91. The van der Waals surface area contributed by atoms with Crippen LogP contribution in [0.2, 0.25) is 0 Å². The molecule has 2 heterocycles. The lowest BCUT2D eigenvalue weighted by Gasteiger charge is -2.46. The maximum absolute atomic E-state index is 5.07. The summed E-state index contributed by atoms with van der Waals surface area (Å²) >= 11 is 1.49. The van der Waals surface area contributed by atoms with Gasteiger partial charge in [0.2, 0.25) is 5.13 Å². The minimum atomic E-state index is 0.430. The monoisotopic (exact) mass is 289 g/mol. The topological polar surface area (TPSA) is 38.2 Å². The number of nitrogens with zero attached hydrogens (tertiary/aromatic N) is 3. The van der Waals surface area contributed by atoms with Gasteiger partial charge in [0.1, 0.15) is 5.82 Å². The van der Waals surface area contributed by atoms with Crippen molar-refractivity contribution in [1.29, 1.82) is 0 Å². The first-order valence-electron chi connectivity index (χ1n) is 6.92. The summed E-state index contributed by atoms with van der Waals surface area (Å²) in [5, 5.41) is 1.03. The first kappa shape index (κ1) is 13.5. The molecular weight excluding hydrogens is 270 g/mol. The van der Waals surface area contributed by atoms with Gasteiger partial charge in [-0.15, -0.1) is 0 Å². The summed E-state index contributed by atoms with van der Waals surface area (Å²) in [6, 6.07) is 11.1. The lowest BCUT2D eigenvalue weighted by Crippen LogP contribution is -2.48. The summed E-state index contributed by atoms with van der Waals surface area (Å²) in [6.45, 7) is 4.02. The van der Waals surface area contributed by atoms with Gasteiger partial charge in [-0.2, -0.15) is 4.37 Å². The van der Waals surface area contributed by atoms with Gasteiger partial charge in [0, 0.05) is 31.6 Å². The highest BCUT2D eigenvalue weighted by Gasteiger charge is 2.38. The second-order valence-electron chi connectivity index (χ2n) is 5.22. The first-order valence-corrected chi connectivity index (χ1v) is 7.70. The average molecular weight is 289 g/mol. The van der Waals surface area contributed by atoms with Crippen molar-refractivity contribution < 1.29 is 4.74 Å². The largest absolute Gasteiger partial charge is 0.384 e. The summed E-state index contributed by atoms with van der Waals surface area (Å²) in [5.74, 6) is 1.54. The quantitative estimate of drug-likeness (QED) is 0.848. The molecule has 2 aromatic rings. The van der Waals surface area contributed by atoms with Gasteiger partial charge in [-0.1, -0.05) is 37.3 Å². The second-order valence-corrected chi connectivity index (χ2v) is 5.95. The number of rotatable bonds is 5. The van der Waals surface area contributed by atoms with Crippen LogP contribution < -0.4 is 4.90 Å². The molecule has 0 spiro atoms. The minimum absolute atomic E-state index is 0.430. The SMILES string of the molecule is COCCc1nsc(N2CC(C)C2c2ccccc2)n1. The molecule has 2 unspecified atom stereocenters. The molecule has 0 bridgehead atoms. The zero-order chi connectivity index (χ0) is 13.9. The first-order chi connectivity index (χ1) is 9.79. The molecule has 4 nitrogen and oxygen atoms in total. The molecule has 0 radical (unpaired) electrons. The van der Waals surface area contributed by atoms with E-state index in [0.717, 1.165) is 23.9 Å². The fourth-order valence-electron chi connectivity index (χ4n) is 2.70. The van der Waals surface area contributed by atoms with Crippen molar-refractivity contribution in [1.82, 2.24) is 9.36 Å². The van der Waals surface area contributed by atoms with Crippen molar-refractivity contribution in [3.63, 3.8) is 0 Å². The highest BCUT2D eigenvalue weighted by atomic mass is 32.1. The molecule has 20 heavy (non-hydrogen) atoms. The van der Waals surface area contributed by atoms with Crippen molar-refractivity contribution >= 4 is 16.7 Å². The number of hydrogen-bond acceptors (Lipinski definition) is 5. The fourth-order valence-corrected chi connectivity index (χ4v) is 3.46. The Kier molecular flexibility index (Phi) is 3.98. The maximum atomic E-state index is 5.07. The van der Waals surface area contributed by atoms with Gasteiger partial charge in [0.15, 0.2) is 0 Å². The van der Waals surface area contributed by atoms with Crippen LogP contribution >= 0.6 is 11.5 Å². The molecule has 0 aliphatic carbocycles. The molecule has 0 amide bonds. The van der Waals surface area contributed by atoms with Crippen molar-refractivity contribution in [2.24, 2.45) is 5.92 Å². The Hall–Kier alpha value is -1.46. The number of hydrogen-bond donors (Lipinski definition) is 0. The lowest BCUT2D eigenvalue weighted by atomic mass is 9.85. The van der Waals surface area contributed by atoms with Gasteiger partial charge in [-0.25, -0.2) is 4.98 Å². The highest BCUT2D eigenvalue weighted by molar-refractivity contribution is 7.09. The van der Waals surface area contributed by atoms with E-state index in [1.54, 1.807) is 7.11 Å². The van der Waals surface area contributed by atoms with E-state index in [1.807, 2.05) is 0 Å². The molecule has 1 aliphatic heterocycles. The van der Waals surface area contributed by atoms with Gasteiger partial charge < -0.3 is 9.64 Å². The van der Waals surface area contributed by atoms with Crippen LogP contribution in [0.5, 0.6) is 0 Å². The van der Waals surface area contributed by atoms with E-state index in [0.29, 0.717) is 18.6 Å². The lowest BCUT2D eigenvalue weighted by molar-refractivity contribution is 0.201. The van der Waals surface area contributed by atoms with Gasteiger partial charge in [-0.05, 0) is 11.5 Å². The van der Waals surface area contributed by atoms with E-state index >= 15 is 0 Å². The predicted octanol–water partition coefficient (Wildman–Crippen LogP) is 2.92. The Morgan fingerprint density at radius 1 is 1.35 bits per heavy atom. The third-order valence-electron chi connectivity index (χ3n) is 3.73. The minimum Gasteiger partial charge on any atom is -0.384 e. The van der Waals surface area contributed by atoms with Crippen LogP contribution in [-0.2, 0) is 11.2 Å². The molecule has 3 rings (SSSR count). The molecule has 2 atom stereocenters. The van der Waals surface area contributed by atoms with Crippen molar-refractivity contribution in [2.45, 2.75) is 19.4 Å². The van der Waals surface area contributed by atoms with E-state index in [1.165, 1.54) is 17.1 Å². The van der Waals surface area contributed by atoms with Crippen LogP contribution in [0, 0.1) is 5.92 Å². The summed E-state index contributed by atoms with van der Waals surface area (Å²) in [6.07, 6.45) is 0.784. The molecule has 1 aromatic heterocycles. The Labute approximate surface area is 123 Å². The van der Waals surface area contributed by atoms with Gasteiger partial charge >= 0.3 is 0 Å². The van der Waals surface area contributed by atoms with Gasteiger partial charge in [0.05, 0.1) is 12.6 Å². The summed E-state index contributed by atoms with van der Waals surface area (Å²) in [4.78, 5) is 6.99. The van der Waals surface area contributed by atoms with Crippen LogP contribution in [0.3, 0.4) is 0 Å². The van der Waals surface area contributed by atoms with Crippen LogP contribution in [-0.4, -0.2) is 29.6 Å². The number of aromatic nitrogens is 2. The molecule has 1 aliphatic rings.